The lowest BCUT2D eigenvalue weighted by atomic mass is 9.95. The topological polar surface area (TPSA) is 94.9 Å². The number of thiazole rings is 1. The molecule has 1 aliphatic rings. The Labute approximate surface area is 231 Å². The zero-order valence-electron chi connectivity index (χ0n) is 21.3. The molecule has 8 nitrogen and oxygen atoms in total. The van der Waals surface area contributed by atoms with Gasteiger partial charge in [0, 0.05) is 27.1 Å². The molecule has 2 aromatic heterocycles. The molecule has 1 N–H and O–H groups in total. The van der Waals surface area contributed by atoms with E-state index in [2.05, 4.69) is 25.9 Å². The second-order valence-electron chi connectivity index (χ2n) is 8.55. The molecule has 0 spiro atoms. The summed E-state index contributed by atoms with van der Waals surface area (Å²) in [5.41, 5.74) is 3.07. The molecule has 0 bridgehead atoms. The first-order chi connectivity index (χ1) is 18.4. The first kappa shape index (κ1) is 26.0. The standard InChI is InChI=1S/C28H26BrN3O5S/c1-5-36-22-13-19(29)18(12-21(22)35-4)25-24(27(34)37-6-2)15(3)31-28-32(25)26(33)23(38-28)11-16-14-30-20-10-8-7-9-17(16)20/h7-14,25,30H,5-6H2,1-4H3/b23-11+/t25-/m1/s1. The number of hydrogen-bond donors (Lipinski definition) is 1. The monoisotopic (exact) mass is 595 g/mol. The number of H-pyrrole nitrogens is 1. The highest BCUT2D eigenvalue weighted by Gasteiger charge is 2.35. The smallest absolute Gasteiger partial charge is 0.338 e. The lowest BCUT2D eigenvalue weighted by Gasteiger charge is -2.26. The van der Waals surface area contributed by atoms with Crippen molar-refractivity contribution in [1.29, 1.82) is 0 Å². The molecule has 0 saturated heterocycles. The number of aromatic nitrogens is 2. The van der Waals surface area contributed by atoms with Crippen LogP contribution >= 0.6 is 27.3 Å². The van der Waals surface area contributed by atoms with Crippen LogP contribution in [0.25, 0.3) is 17.0 Å². The molecule has 0 saturated carbocycles. The predicted octanol–water partition coefficient (Wildman–Crippen LogP) is 4.45. The maximum absolute atomic E-state index is 14.0. The van der Waals surface area contributed by atoms with E-state index in [9.17, 15) is 9.59 Å². The van der Waals surface area contributed by atoms with Gasteiger partial charge in [-0.15, -0.1) is 0 Å². The van der Waals surface area contributed by atoms with Gasteiger partial charge in [0.25, 0.3) is 5.56 Å². The minimum absolute atomic E-state index is 0.196. The van der Waals surface area contributed by atoms with Crippen LogP contribution in [0.3, 0.4) is 0 Å². The second kappa shape index (κ2) is 10.6. The van der Waals surface area contributed by atoms with E-state index in [0.29, 0.717) is 48.7 Å². The fourth-order valence-electron chi connectivity index (χ4n) is 4.63. The van der Waals surface area contributed by atoms with Crippen molar-refractivity contribution in [2.24, 2.45) is 4.99 Å². The molecular formula is C28H26BrN3O5S. The number of methoxy groups -OCH3 is 1. The summed E-state index contributed by atoms with van der Waals surface area (Å²) < 4.78 is 19.4. The molecule has 3 heterocycles. The molecule has 10 heteroatoms. The number of ether oxygens (including phenoxy) is 3. The second-order valence-corrected chi connectivity index (χ2v) is 10.4. The number of para-hydroxylation sites is 1. The van der Waals surface area contributed by atoms with Crippen molar-refractivity contribution in [1.82, 2.24) is 9.55 Å². The number of benzene rings is 2. The molecule has 1 aliphatic heterocycles. The number of rotatable bonds is 7. The van der Waals surface area contributed by atoms with E-state index in [1.54, 1.807) is 37.7 Å². The van der Waals surface area contributed by atoms with Crippen LogP contribution in [-0.4, -0.2) is 35.8 Å². The summed E-state index contributed by atoms with van der Waals surface area (Å²) in [4.78, 5) is 35.6. The molecule has 1 atom stereocenters. The predicted molar refractivity (Wildman–Crippen MR) is 151 cm³/mol. The van der Waals surface area contributed by atoms with Crippen molar-refractivity contribution in [3.8, 4) is 11.5 Å². The van der Waals surface area contributed by atoms with Crippen molar-refractivity contribution in [3.05, 3.63) is 89.2 Å². The third-order valence-corrected chi connectivity index (χ3v) is 7.97. The molecule has 2 aromatic carbocycles. The van der Waals surface area contributed by atoms with Gasteiger partial charge in [0.05, 0.1) is 42.2 Å². The van der Waals surface area contributed by atoms with Gasteiger partial charge >= 0.3 is 5.97 Å². The zero-order chi connectivity index (χ0) is 27.0. The van der Waals surface area contributed by atoms with Gasteiger partial charge in [-0.3, -0.25) is 9.36 Å². The van der Waals surface area contributed by atoms with E-state index >= 15 is 0 Å². The average molecular weight is 597 g/mol. The highest BCUT2D eigenvalue weighted by molar-refractivity contribution is 9.10. The number of esters is 1. The van der Waals surface area contributed by atoms with Gasteiger partial charge in [-0.2, -0.15) is 0 Å². The summed E-state index contributed by atoms with van der Waals surface area (Å²) in [5, 5.41) is 1.01. The summed E-state index contributed by atoms with van der Waals surface area (Å²) in [7, 11) is 1.55. The Morgan fingerprint density at radius 3 is 2.74 bits per heavy atom. The third-order valence-electron chi connectivity index (χ3n) is 6.30. The SMILES string of the molecule is CCOC(=O)C1=C(C)N=c2s/c(=C/c3c[nH]c4ccccc34)c(=O)n2[C@@H]1c1cc(OC)c(OCC)cc1Br. The Balaban J connectivity index is 1.76. The third kappa shape index (κ3) is 4.48. The van der Waals surface area contributed by atoms with Crippen molar-refractivity contribution in [2.75, 3.05) is 20.3 Å². The number of allylic oxidation sites excluding steroid dienone is 1. The lowest BCUT2D eigenvalue weighted by molar-refractivity contribution is -0.139. The van der Waals surface area contributed by atoms with Crippen LogP contribution in [0, 0.1) is 0 Å². The zero-order valence-corrected chi connectivity index (χ0v) is 23.7. The largest absolute Gasteiger partial charge is 0.493 e. The number of carbonyl (C=O) groups is 1. The molecule has 38 heavy (non-hydrogen) atoms. The van der Waals surface area contributed by atoms with Crippen LogP contribution in [0.1, 0.15) is 37.9 Å². The molecule has 0 aliphatic carbocycles. The first-order valence-corrected chi connectivity index (χ1v) is 13.7. The van der Waals surface area contributed by atoms with Crippen LogP contribution in [0.15, 0.2) is 68.1 Å². The number of hydrogen-bond acceptors (Lipinski definition) is 7. The summed E-state index contributed by atoms with van der Waals surface area (Å²) in [6.07, 6.45) is 3.74. The highest BCUT2D eigenvalue weighted by atomic mass is 79.9. The van der Waals surface area contributed by atoms with Gasteiger partial charge in [0.2, 0.25) is 0 Å². The maximum Gasteiger partial charge on any atom is 0.338 e. The van der Waals surface area contributed by atoms with Crippen LogP contribution in [0.2, 0.25) is 0 Å². The quantitative estimate of drug-likeness (QED) is 0.319. The van der Waals surface area contributed by atoms with E-state index in [4.69, 9.17) is 14.2 Å². The minimum Gasteiger partial charge on any atom is -0.493 e. The number of nitrogens with zero attached hydrogens (tertiary/aromatic N) is 2. The van der Waals surface area contributed by atoms with Crippen molar-refractivity contribution in [2.45, 2.75) is 26.8 Å². The Bertz CT molecular complexity index is 1770. The fourth-order valence-corrected chi connectivity index (χ4v) is 6.21. The minimum atomic E-state index is -0.783. The molecule has 0 amide bonds. The highest BCUT2D eigenvalue weighted by Crippen LogP contribution is 2.41. The molecule has 0 fully saturated rings. The van der Waals surface area contributed by atoms with E-state index < -0.39 is 12.0 Å². The van der Waals surface area contributed by atoms with Crippen molar-refractivity contribution >= 4 is 50.2 Å². The van der Waals surface area contributed by atoms with Gasteiger partial charge in [0.15, 0.2) is 16.3 Å². The van der Waals surface area contributed by atoms with Gasteiger partial charge < -0.3 is 19.2 Å². The fraction of sp³-hybridized carbons (Fsp3) is 0.250. The van der Waals surface area contributed by atoms with E-state index in [0.717, 1.165) is 16.5 Å². The molecule has 0 unspecified atom stereocenters. The van der Waals surface area contributed by atoms with Crippen LogP contribution in [0.5, 0.6) is 11.5 Å². The van der Waals surface area contributed by atoms with Gasteiger partial charge in [-0.25, -0.2) is 9.79 Å². The van der Waals surface area contributed by atoms with Gasteiger partial charge in [-0.1, -0.05) is 45.5 Å². The molecule has 5 rings (SSSR count). The molecule has 0 radical (unpaired) electrons. The van der Waals surface area contributed by atoms with E-state index in [-0.39, 0.29) is 12.2 Å². The van der Waals surface area contributed by atoms with Crippen LogP contribution in [0.4, 0.5) is 0 Å². The Hall–Kier alpha value is -3.63. The lowest BCUT2D eigenvalue weighted by Crippen LogP contribution is -2.40. The molecule has 196 valence electrons. The summed E-state index contributed by atoms with van der Waals surface area (Å²) in [5.74, 6) is 0.518. The Morgan fingerprint density at radius 2 is 2.00 bits per heavy atom. The number of nitrogens with one attached hydrogen (secondary N) is 1. The number of carbonyl (C=O) groups excluding carboxylic acids is 1. The Morgan fingerprint density at radius 1 is 1.21 bits per heavy atom. The summed E-state index contributed by atoms with van der Waals surface area (Å²) in [6.45, 7) is 6.04. The van der Waals surface area contributed by atoms with E-state index in [1.165, 1.54) is 11.3 Å². The number of aromatic amines is 1. The van der Waals surface area contributed by atoms with Crippen LogP contribution in [-0.2, 0) is 9.53 Å². The Kier molecular flexibility index (Phi) is 7.27. The van der Waals surface area contributed by atoms with Crippen molar-refractivity contribution in [3.63, 3.8) is 0 Å². The number of halogens is 1. The average Bonchev–Trinajstić information content (AvgIpc) is 3.44. The molecular weight excluding hydrogens is 570 g/mol. The van der Waals surface area contributed by atoms with Gasteiger partial charge in [0.1, 0.15) is 0 Å². The maximum atomic E-state index is 14.0. The first-order valence-electron chi connectivity index (χ1n) is 12.1. The van der Waals surface area contributed by atoms with Gasteiger partial charge in [-0.05, 0) is 50.6 Å². The van der Waals surface area contributed by atoms with E-state index in [1.807, 2.05) is 43.5 Å². The van der Waals surface area contributed by atoms with Crippen molar-refractivity contribution < 1.29 is 19.0 Å². The normalized spacial score (nSPS) is 15.4. The summed E-state index contributed by atoms with van der Waals surface area (Å²) >= 11 is 4.93. The molecule has 4 aromatic rings. The summed E-state index contributed by atoms with van der Waals surface area (Å²) in [6, 6.07) is 10.7. The van der Waals surface area contributed by atoms with Crippen LogP contribution < -0.4 is 24.4 Å². The number of fused-ring (bicyclic) bond motifs is 2.